The summed E-state index contributed by atoms with van der Waals surface area (Å²) in [4.78, 5) is 0. The standard InChI is InChI=1S/C11H16BrNO/c1-8-4-5-9(12)7-10(8)11(13)3-2-6-14/h4-5,7,11,14H,2-3,6,13H2,1H3/t11-/m0/s1. The van der Waals surface area contributed by atoms with Crippen LogP contribution < -0.4 is 5.73 Å². The largest absolute Gasteiger partial charge is 0.396 e. The highest BCUT2D eigenvalue weighted by Crippen LogP contribution is 2.23. The molecule has 1 aromatic rings. The fraction of sp³-hybridized carbons (Fsp3) is 0.455. The van der Waals surface area contributed by atoms with Crippen LogP contribution in [0.15, 0.2) is 22.7 Å². The Balaban J connectivity index is 2.77. The highest BCUT2D eigenvalue weighted by atomic mass is 79.9. The van der Waals surface area contributed by atoms with Gasteiger partial charge in [-0.1, -0.05) is 22.0 Å². The molecule has 0 amide bonds. The maximum absolute atomic E-state index is 8.72. The topological polar surface area (TPSA) is 46.2 Å². The third kappa shape index (κ3) is 3.08. The Morgan fingerprint density at radius 1 is 1.50 bits per heavy atom. The summed E-state index contributed by atoms with van der Waals surface area (Å²) >= 11 is 3.43. The van der Waals surface area contributed by atoms with Crippen molar-refractivity contribution >= 4 is 15.9 Å². The molecular formula is C11H16BrNO. The molecule has 78 valence electrons. The summed E-state index contributed by atoms with van der Waals surface area (Å²) in [5.74, 6) is 0. The number of nitrogens with two attached hydrogens (primary N) is 1. The maximum atomic E-state index is 8.72. The van der Waals surface area contributed by atoms with Gasteiger partial charge in [-0.2, -0.15) is 0 Å². The van der Waals surface area contributed by atoms with Gasteiger partial charge >= 0.3 is 0 Å². The zero-order valence-electron chi connectivity index (χ0n) is 8.33. The van der Waals surface area contributed by atoms with Gasteiger partial charge in [-0.3, -0.25) is 0 Å². The van der Waals surface area contributed by atoms with Gasteiger partial charge < -0.3 is 10.8 Å². The first-order valence-electron chi connectivity index (χ1n) is 4.77. The summed E-state index contributed by atoms with van der Waals surface area (Å²) in [6, 6.07) is 6.15. The Hall–Kier alpha value is -0.380. The predicted octanol–water partition coefficient (Wildman–Crippen LogP) is 2.53. The van der Waals surface area contributed by atoms with E-state index in [-0.39, 0.29) is 12.6 Å². The van der Waals surface area contributed by atoms with Crippen LogP contribution in [0.4, 0.5) is 0 Å². The molecule has 0 saturated carbocycles. The van der Waals surface area contributed by atoms with E-state index in [0.29, 0.717) is 0 Å². The van der Waals surface area contributed by atoms with Crippen molar-refractivity contribution in [2.24, 2.45) is 5.73 Å². The highest BCUT2D eigenvalue weighted by molar-refractivity contribution is 9.10. The summed E-state index contributed by atoms with van der Waals surface area (Å²) < 4.78 is 1.05. The number of halogens is 1. The van der Waals surface area contributed by atoms with Gasteiger partial charge in [0.2, 0.25) is 0 Å². The normalized spacial score (nSPS) is 12.9. The molecule has 0 spiro atoms. The molecule has 3 heteroatoms. The Kier molecular flexibility index (Phi) is 4.58. The van der Waals surface area contributed by atoms with Gasteiger partial charge in [0.15, 0.2) is 0 Å². The van der Waals surface area contributed by atoms with E-state index in [9.17, 15) is 0 Å². The lowest BCUT2D eigenvalue weighted by Crippen LogP contribution is -2.12. The van der Waals surface area contributed by atoms with E-state index in [1.54, 1.807) is 0 Å². The average molecular weight is 258 g/mol. The molecule has 0 heterocycles. The molecule has 14 heavy (non-hydrogen) atoms. The smallest absolute Gasteiger partial charge is 0.0431 e. The van der Waals surface area contributed by atoms with Gasteiger partial charge in [0.25, 0.3) is 0 Å². The van der Waals surface area contributed by atoms with E-state index in [4.69, 9.17) is 10.8 Å². The minimum Gasteiger partial charge on any atom is -0.396 e. The third-order valence-corrected chi connectivity index (χ3v) is 2.81. The number of aliphatic hydroxyl groups is 1. The first kappa shape index (κ1) is 11.7. The van der Waals surface area contributed by atoms with Crippen LogP contribution in [0.3, 0.4) is 0 Å². The summed E-state index contributed by atoms with van der Waals surface area (Å²) in [5.41, 5.74) is 8.39. The van der Waals surface area contributed by atoms with Crippen LogP contribution in [0.5, 0.6) is 0 Å². The van der Waals surface area contributed by atoms with Crippen LogP contribution in [0.25, 0.3) is 0 Å². The lowest BCUT2D eigenvalue weighted by molar-refractivity contribution is 0.280. The van der Waals surface area contributed by atoms with E-state index in [0.717, 1.165) is 22.9 Å². The molecule has 0 radical (unpaired) electrons. The van der Waals surface area contributed by atoms with Crippen LogP contribution in [0.2, 0.25) is 0 Å². The van der Waals surface area contributed by atoms with Crippen LogP contribution in [-0.4, -0.2) is 11.7 Å². The van der Waals surface area contributed by atoms with Crippen molar-refractivity contribution in [2.75, 3.05) is 6.61 Å². The highest BCUT2D eigenvalue weighted by Gasteiger charge is 2.08. The van der Waals surface area contributed by atoms with Gasteiger partial charge in [0.05, 0.1) is 0 Å². The molecule has 0 aromatic heterocycles. The molecule has 1 aromatic carbocycles. The monoisotopic (exact) mass is 257 g/mol. The van der Waals surface area contributed by atoms with E-state index in [2.05, 4.69) is 35.0 Å². The quantitative estimate of drug-likeness (QED) is 0.871. The lowest BCUT2D eigenvalue weighted by atomic mass is 9.99. The van der Waals surface area contributed by atoms with Crippen molar-refractivity contribution < 1.29 is 5.11 Å². The Bertz CT molecular complexity index is 301. The third-order valence-electron chi connectivity index (χ3n) is 2.31. The van der Waals surface area contributed by atoms with Crippen molar-refractivity contribution in [3.8, 4) is 0 Å². The summed E-state index contributed by atoms with van der Waals surface area (Å²) in [5, 5.41) is 8.72. The fourth-order valence-electron chi connectivity index (χ4n) is 1.48. The van der Waals surface area contributed by atoms with Crippen LogP contribution in [0.1, 0.15) is 30.0 Å². The molecule has 0 aliphatic heterocycles. The second-order valence-corrected chi connectivity index (χ2v) is 4.39. The molecule has 0 unspecified atom stereocenters. The average Bonchev–Trinajstić information content (AvgIpc) is 2.18. The van der Waals surface area contributed by atoms with Crippen LogP contribution >= 0.6 is 15.9 Å². The van der Waals surface area contributed by atoms with Crippen molar-refractivity contribution in [2.45, 2.75) is 25.8 Å². The molecule has 3 N–H and O–H groups in total. The zero-order valence-corrected chi connectivity index (χ0v) is 9.92. The molecule has 0 aliphatic rings. The molecule has 0 aliphatic carbocycles. The summed E-state index contributed by atoms with van der Waals surface area (Å²) in [6.07, 6.45) is 1.58. The van der Waals surface area contributed by atoms with Gasteiger partial charge in [-0.05, 0) is 43.0 Å². The molecule has 2 nitrogen and oxygen atoms in total. The molecule has 1 atom stereocenters. The Morgan fingerprint density at radius 3 is 2.86 bits per heavy atom. The van der Waals surface area contributed by atoms with E-state index >= 15 is 0 Å². The number of hydrogen-bond acceptors (Lipinski definition) is 2. The molecule has 0 fully saturated rings. The van der Waals surface area contributed by atoms with Crippen molar-refractivity contribution in [3.05, 3.63) is 33.8 Å². The van der Waals surface area contributed by atoms with E-state index in [1.807, 2.05) is 6.07 Å². The van der Waals surface area contributed by atoms with Gasteiger partial charge in [0.1, 0.15) is 0 Å². The molecule has 0 bridgehead atoms. The number of hydrogen-bond donors (Lipinski definition) is 2. The minimum atomic E-state index is 0.0275. The Labute approximate surface area is 93.3 Å². The summed E-state index contributed by atoms with van der Waals surface area (Å²) in [6.45, 7) is 2.27. The fourth-order valence-corrected chi connectivity index (χ4v) is 1.86. The van der Waals surface area contributed by atoms with Crippen molar-refractivity contribution in [3.63, 3.8) is 0 Å². The number of aryl methyl sites for hydroxylation is 1. The van der Waals surface area contributed by atoms with Gasteiger partial charge in [-0.15, -0.1) is 0 Å². The Morgan fingerprint density at radius 2 is 2.21 bits per heavy atom. The second kappa shape index (κ2) is 5.49. The van der Waals surface area contributed by atoms with Gasteiger partial charge in [-0.25, -0.2) is 0 Å². The second-order valence-electron chi connectivity index (χ2n) is 3.47. The van der Waals surface area contributed by atoms with E-state index < -0.39 is 0 Å². The lowest BCUT2D eigenvalue weighted by Gasteiger charge is -2.14. The molecular weight excluding hydrogens is 242 g/mol. The minimum absolute atomic E-state index is 0.0275. The first-order chi connectivity index (χ1) is 6.65. The summed E-state index contributed by atoms with van der Waals surface area (Å²) in [7, 11) is 0. The molecule has 0 saturated heterocycles. The van der Waals surface area contributed by atoms with Crippen LogP contribution in [-0.2, 0) is 0 Å². The van der Waals surface area contributed by atoms with E-state index in [1.165, 1.54) is 5.56 Å². The first-order valence-corrected chi connectivity index (χ1v) is 5.57. The molecule has 1 rings (SSSR count). The van der Waals surface area contributed by atoms with Crippen molar-refractivity contribution in [1.82, 2.24) is 0 Å². The SMILES string of the molecule is Cc1ccc(Br)cc1[C@@H](N)CCCO. The van der Waals surface area contributed by atoms with Crippen LogP contribution in [0, 0.1) is 6.92 Å². The number of rotatable bonds is 4. The number of benzene rings is 1. The number of aliphatic hydroxyl groups excluding tert-OH is 1. The predicted molar refractivity (Wildman–Crippen MR) is 62.1 cm³/mol. The zero-order chi connectivity index (χ0) is 10.6. The maximum Gasteiger partial charge on any atom is 0.0431 e. The van der Waals surface area contributed by atoms with Gasteiger partial charge in [0, 0.05) is 17.1 Å². The van der Waals surface area contributed by atoms with Crippen molar-refractivity contribution in [1.29, 1.82) is 0 Å².